The van der Waals surface area contributed by atoms with Crippen LogP contribution in [0.25, 0.3) is 0 Å². The molecule has 1 rings (SSSR count). The van der Waals surface area contributed by atoms with Crippen molar-refractivity contribution in [1.29, 1.82) is 0 Å². The molecule has 1 aromatic carbocycles. The molecular weight excluding hydrogens is 231 g/mol. The van der Waals surface area contributed by atoms with E-state index in [4.69, 9.17) is 5.73 Å². The molecule has 0 fully saturated rings. The second kappa shape index (κ2) is 5.96. The summed E-state index contributed by atoms with van der Waals surface area (Å²) in [5.41, 5.74) is 5.69. The van der Waals surface area contributed by atoms with Gasteiger partial charge >= 0.3 is 0 Å². The Morgan fingerprint density at radius 2 is 2.06 bits per heavy atom. The Morgan fingerprint density at radius 3 is 2.61 bits per heavy atom. The van der Waals surface area contributed by atoms with E-state index >= 15 is 0 Å². The van der Waals surface area contributed by atoms with E-state index in [0.717, 1.165) is 0 Å². The SMILES string of the molecule is CC(CC(=O)NC(C)(C)CN)c1ccccc1F. The average Bonchev–Trinajstić information content (AvgIpc) is 2.28. The summed E-state index contributed by atoms with van der Waals surface area (Å²) < 4.78 is 13.5. The van der Waals surface area contributed by atoms with E-state index in [1.165, 1.54) is 6.07 Å². The minimum atomic E-state index is -0.425. The van der Waals surface area contributed by atoms with E-state index in [1.807, 2.05) is 20.8 Å². The van der Waals surface area contributed by atoms with Gasteiger partial charge in [0.25, 0.3) is 0 Å². The van der Waals surface area contributed by atoms with Crippen molar-refractivity contribution in [2.24, 2.45) is 5.73 Å². The van der Waals surface area contributed by atoms with Crippen molar-refractivity contribution >= 4 is 5.91 Å². The van der Waals surface area contributed by atoms with Crippen LogP contribution in [0.4, 0.5) is 4.39 Å². The number of hydrogen-bond donors (Lipinski definition) is 2. The molecule has 18 heavy (non-hydrogen) atoms. The Balaban J connectivity index is 2.63. The molecule has 0 aromatic heterocycles. The van der Waals surface area contributed by atoms with E-state index in [9.17, 15) is 9.18 Å². The molecule has 0 aliphatic carbocycles. The maximum Gasteiger partial charge on any atom is 0.221 e. The maximum absolute atomic E-state index is 13.5. The molecule has 0 bridgehead atoms. The van der Waals surface area contributed by atoms with Crippen LogP contribution in [0.3, 0.4) is 0 Å². The van der Waals surface area contributed by atoms with Crippen molar-refractivity contribution in [3.63, 3.8) is 0 Å². The monoisotopic (exact) mass is 252 g/mol. The molecule has 1 atom stereocenters. The normalized spacial score (nSPS) is 13.2. The van der Waals surface area contributed by atoms with Gasteiger partial charge in [0.05, 0.1) is 0 Å². The van der Waals surface area contributed by atoms with Gasteiger partial charge in [0, 0.05) is 18.5 Å². The molecule has 3 nitrogen and oxygen atoms in total. The van der Waals surface area contributed by atoms with Crippen molar-refractivity contribution in [1.82, 2.24) is 5.32 Å². The zero-order valence-corrected chi connectivity index (χ0v) is 11.2. The van der Waals surface area contributed by atoms with Gasteiger partial charge in [-0.3, -0.25) is 4.79 Å². The second-order valence-corrected chi connectivity index (χ2v) is 5.26. The first-order valence-corrected chi connectivity index (χ1v) is 6.11. The van der Waals surface area contributed by atoms with E-state index in [2.05, 4.69) is 5.32 Å². The summed E-state index contributed by atoms with van der Waals surface area (Å²) in [5, 5.41) is 2.84. The van der Waals surface area contributed by atoms with E-state index in [0.29, 0.717) is 12.1 Å². The fourth-order valence-electron chi connectivity index (χ4n) is 1.74. The number of amides is 1. The van der Waals surface area contributed by atoms with Crippen molar-refractivity contribution in [3.05, 3.63) is 35.6 Å². The molecule has 0 aliphatic rings. The van der Waals surface area contributed by atoms with Crippen LogP contribution in [-0.4, -0.2) is 18.0 Å². The summed E-state index contributed by atoms with van der Waals surface area (Å²) in [4.78, 5) is 11.8. The molecule has 100 valence electrons. The number of carbonyl (C=O) groups is 1. The van der Waals surface area contributed by atoms with Crippen molar-refractivity contribution in [2.45, 2.75) is 38.6 Å². The van der Waals surface area contributed by atoms with Gasteiger partial charge in [-0.1, -0.05) is 25.1 Å². The van der Waals surface area contributed by atoms with Crippen LogP contribution in [-0.2, 0) is 4.79 Å². The van der Waals surface area contributed by atoms with Crippen LogP contribution in [0, 0.1) is 5.82 Å². The Labute approximate surface area is 108 Å². The fraction of sp³-hybridized carbons (Fsp3) is 0.500. The van der Waals surface area contributed by atoms with Gasteiger partial charge in [-0.05, 0) is 31.4 Å². The Morgan fingerprint density at radius 1 is 1.44 bits per heavy atom. The number of benzene rings is 1. The topological polar surface area (TPSA) is 55.1 Å². The highest BCUT2D eigenvalue weighted by atomic mass is 19.1. The molecule has 0 saturated heterocycles. The van der Waals surface area contributed by atoms with Gasteiger partial charge in [0.15, 0.2) is 0 Å². The number of nitrogens with one attached hydrogen (secondary N) is 1. The first-order chi connectivity index (χ1) is 8.35. The van der Waals surface area contributed by atoms with Gasteiger partial charge in [-0.15, -0.1) is 0 Å². The van der Waals surface area contributed by atoms with Gasteiger partial charge in [-0.2, -0.15) is 0 Å². The molecule has 0 radical (unpaired) electrons. The number of hydrogen-bond acceptors (Lipinski definition) is 2. The second-order valence-electron chi connectivity index (χ2n) is 5.26. The summed E-state index contributed by atoms with van der Waals surface area (Å²) >= 11 is 0. The summed E-state index contributed by atoms with van der Waals surface area (Å²) in [5.74, 6) is -0.531. The van der Waals surface area contributed by atoms with Crippen LogP contribution in [0.1, 0.15) is 38.7 Å². The highest BCUT2D eigenvalue weighted by Gasteiger charge is 2.20. The third-order valence-corrected chi connectivity index (χ3v) is 2.92. The Hall–Kier alpha value is -1.42. The van der Waals surface area contributed by atoms with Gasteiger partial charge in [0.1, 0.15) is 5.82 Å². The first-order valence-electron chi connectivity index (χ1n) is 6.11. The predicted octanol–water partition coefficient (Wildman–Crippen LogP) is 2.17. The third kappa shape index (κ3) is 4.11. The number of rotatable bonds is 5. The highest BCUT2D eigenvalue weighted by Crippen LogP contribution is 2.21. The first kappa shape index (κ1) is 14.6. The molecular formula is C14H21FN2O. The molecule has 1 unspecified atom stereocenters. The van der Waals surface area contributed by atoms with E-state index in [1.54, 1.807) is 18.2 Å². The van der Waals surface area contributed by atoms with Crippen LogP contribution in [0.15, 0.2) is 24.3 Å². The Kier molecular flexibility index (Phi) is 4.84. The smallest absolute Gasteiger partial charge is 0.221 e. The van der Waals surface area contributed by atoms with Crippen molar-refractivity contribution < 1.29 is 9.18 Å². The van der Waals surface area contributed by atoms with Crippen molar-refractivity contribution in [2.75, 3.05) is 6.54 Å². The lowest BCUT2D eigenvalue weighted by atomic mass is 9.96. The fourth-order valence-corrected chi connectivity index (χ4v) is 1.74. The average molecular weight is 252 g/mol. The molecule has 0 heterocycles. The zero-order chi connectivity index (χ0) is 13.8. The lowest BCUT2D eigenvalue weighted by Crippen LogP contribution is -2.49. The van der Waals surface area contributed by atoms with Crippen LogP contribution in [0.5, 0.6) is 0 Å². The maximum atomic E-state index is 13.5. The zero-order valence-electron chi connectivity index (χ0n) is 11.2. The minimum absolute atomic E-state index is 0.110. The molecule has 3 N–H and O–H groups in total. The third-order valence-electron chi connectivity index (χ3n) is 2.92. The molecule has 1 amide bonds. The lowest BCUT2D eigenvalue weighted by Gasteiger charge is -2.25. The summed E-state index contributed by atoms with van der Waals surface area (Å²) in [6, 6.07) is 6.54. The van der Waals surface area contributed by atoms with Gasteiger partial charge < -0.3 is 11.1 Å². The molecule has 0 aliphatic heterocycles. The van der Waals surface area contributed by atoms with Gasteiger partial charge in [0.2, 0.25) is 5.91 Å². The summed E-state index contributed by atoms with van der Waals surface area (Å²) in [6.07, 6.45) is 0.254. The number of nitrogens with two attached hydrogens (primary N) is 1. The minimum Gasteiger partial charge on any atom is -0.350 e. The van der Waals surface area contributed by atoms with Crippen LogP contribution >= 0.6 is 0 Å². The molecule has 1 aromatic rings. The lowest BCUT2D eigenvalue weighted by molar-refractivity contribution is -0.122. The largest absolute Gasteiger partial charge is 0.350 e. The van der Waals surface area contributed by atoms with Gasteiger partial charge in [-0.25, -0.2) is 4.39 Å². The van der Waals surface area contributed by atoms with Crippen LogP contribution < -0.4 is 11.1 Å². The molecule has 0 spiro atoms. The van der Waals surface area contributed by atoms with Crippen molar-refractivity contribution in [3.8, 4) is 0 Å². The van der Waals surface area contributed by atoms with E-state index < -0.39 is 5.54 Å². The van der Waals surface area contributed by atoms with E-state index in [-0.39, 0.29) is 24.1 Å². The number of halogens is 1. The summed E-state index contributed by atoms with van der Waals surface area (Å²) in [6.45, 7) is 5.93. The Bertz CT molecular complexity index is 418. The van der Waals surface area contributed by atoms with Crippen LogP contribution in [0.2, 0.25) is 0 Å². The standard InChI is InChI=1S/C14H21FN2O/c1-10(11-6-4-5-7-12(11)15)8-13(18)17-14(2,3)9-16/h4-7,10H,8-9,16H2,1-3H3,(H,17,18). The molecule has 4 heteroatoms. The molecule has 0 saturated carbocycles. The number of carbonyl (C=O) groups excluding carboxylic acids is 1. The summed E-state index contributed by atoms with van der Waals surface area (Å²) in [7, 11) is 0. The highest BCUT2D eigenvalue weighted by molar-refractivity contribution is 5.77. The predicted molar refractivity (Wildman–Crippen MR) is 70.7 cm³/mol. The quantitative estimate of drug-likeness (QED) is 0.844.